The number of nitrogens with two attached hydrogens (primary N) is 1. The predicted molar refractivity (Wildman–Crippen MR) is 40.8 cm³/mol. The van der Waals surface area contributed by atoms with Crippen molar-refractivity contribution in [3.8, 4) is 0 Å². The van der Waals surface area contributed by atoms with E-state index in [1.165, 1.54) is 0 Å². The Morgan fingerprint density at radius 3 is 2.90 bits per heavy atom. The van der Waals surface area contributed by atoms with Gasteiger partial charge in [0.2, 0.25) is 0 Å². The van der Waals surface area contributed by atoms with Crippen LogP contribution in [0.3, 0.4) is 0 Å². The summed E-state index contributed by atoms with van der Waals surface area (Å²) in [5, 5.41) is 4.67. The molecule has 1 aromatic heterocycles. The molecule has 10 heavy (non-hydrogen) atoms. The zero-order valence-corrected chi connectivity index (χ0v) is 6.60. The normalized spacial score (nSPS) is 10.3. The molecule has 0 bridgehead atoms. The van der Waals surface area contributed by atoms with Crippen LogP contribution in [0, 0.1) is 0 Å². The number of rotatable bonds is 2. The smallest absolute Gasteiger partial charge is 0.0831 e. The molecule has 0 radical (unpaired) electrons. The van der Waals surface area contributed by atoms with E-state index in [1.54, 1.807) is 10.9 Å². The molecule has 2 N–H and O–H groups in total. The number of hydrogen-bond acceptors (Lipinski definition) is 2. The third-order valence-corrected chi connectivity index (χ3v) is 1.71. The summed E-state index contributed by atoms with van der Waals surface area (Å²) in [6, 6.07) is 0. The minimum absolute atomic E-state index is 0.451. The van der Waals surface area contributed by atoms with Crippen molar-refractivity contribution in [2.75, 3.05) is 0 Å². The van der Waals surface area contributed by atoms with Crippen molar-refractivity contribution >= 4 is 11.6 Å². The SMILES string of the molecule is CCn1ncc(Cl)c1CN. The molecule has 0 aliphatic rings. The van der Waals surface area contributed by atoms with Gasteiger partial charge in [-0.25, -0.2) is 0 Å². The quantitative estimate of drug-likeness (QED) is 0.700. The molecule has 0 amide bonds. The van der Waals surface area contributed by atoms with Gasteiger partial charge in [0.25, 0.3) is 0 Å². The fourth-order valence-electron chi connectivity index (χ4n) is 0.863. The molecule has 4 heteroatoms. The molecule has 0 saturated heterocycles. The lowest BCUT2D eigenvalue weighted by molar-refractivity contribution is 0.623. The van der Waals surface area contributed by atoms with Crippen LogP contribution in [0.5, 0.6) is 0 Å². The Morgan fingerprint density at radius 2 is 2.50 bits per heavy atom. The molecule has 0 spiro atoms. The van der Waals surface area contributed by atoms with Gasteiger partial charge in [0.1, 0.15) is 0 Å². The first-order valence-electron chi connectivity index (χ1n) is 3.19. The number of hydrogen-bond donors (Lipinski definition) is 1. The maximum atomic E-state index is 5.76. The van der Waals surface area contributed by atoms with E-state index < -0.39 is 0 Å². The van der Waals surface area contributed by atoms with Crippen LogP contribution in [0.4, 0.5) is 0 Å². The lowest BCUT2D eigenvalue weighted by atomic mass is 10.4. The van der Waals surface area contributed by atoms with Crippen LogP contribution in [0.25, 0.3) is 0 Å². The second-order valence-electron chi connectivity index (χ2n) is 1.96. The highest BCUT2D eigenvalue weighted by molar-refractivity contribution is 6.31. The summed E-state index contributed by atoms with van der Waals surface area (Å²) in [6.45, 7) is 3.27. The van der Waals surface area contributed by atoms with Gasteiger partial charge in [-0.15, -0.1) is 0 Å². The first kappa shape index (κ1) is 7.57. The van der Waals surface area contributed by atoms with Gasteiger partial charge in [-0.05, 0) is 6.92 Å². The van der Waals surface area contributed by atoms with E-state index in [0.29, 0.717) is 11.6 Å². The van der Waals surface area contributed by atoms with Gasteiger partial charge in [0.15, 0.2) is 0 Å². The second kappa shape index (κ2) is 3.03. The third kappa shape index (κ3) is 1.15. The van der Waals surface area contributed by atoms with Crippen LogP contribution in [0.2, 0.25) is 5.02 Å². The largest absolute Gasteiger partial charge is 0.325 e. The predicted octanol–water partition coefficient (Wildman–Crippen LogP) is 1.02. The van der Waals surface area contributed by atoms with Crippen molar-refractivity contribution in [3.63, 3.8) is 0 Å². The lowest BCUT2D eigenvalue weighted by Crippen LogP contribution is -2.07. The van der Waals surface area contributed by atoms with E-state index >= 15 is 0 Å². The van der Waals surface area contributed by atoms with Crippen molar-refractivity contribution in [3.05, 3.63) is 16.9 Å². The monoisotopic (exact) mass is 159 g/mol. The molecule has 0 atom stereocenters. The molecule has 0 aliphatic carbocycles. The molecule has 1 heterocycles. The van der Waals surface area contributed by atoms with Gasteiger partial charge in [-0.2, -0.15) is 5.10 Å². The first-order valence-corrected chi connectivity index (χ1v) is 3.57. The van der Waals surface area contributed by atoms with Crippen molar-refractivity contribution in [2.45, 2.75) is 20.0 Å². The fourth-order valence-corrected chi connectivity index (χ4v) is 1.08. The molecule has 1 rings (SSSR count). The highest BCUT2D eigenvalue weighted by Gasteiger charge is 2.03. The molecule has 0 aromatic carbocycles. The van der Waals surface area contributed by atoms with Gasteiger partial charge in [0.05, 0.1) is 16.9 Å². The lowest BCUT2D eigenvalue weighted by Gasteiger charge is -2.00. The van der Waals surface area contributed by atoms with Crippen LogP contribution in [-0.4, -0.2) is 9.78 Å². The third-order valence-electron chi connectivity index (χ3n) is 1.39. The Kier molecular flexibility index (Phi) is 2.29. The van der Waals surface area contributed by atoms with Crippen LogP contribution >= 0.6 is 11.6 Å². The summed E-state index contributed by atoms with van der Waals surface area (Å²) >= 11 is 5.76. The summed E-state index contributed by atoms with van der Waals surface area (Å²) < 4.78 is 1.79. The Hall–Kier alpha value is -0.540. The molecular formula is C6H10ClN3. The van der Waals surface area contributed by atoms with E-state index in [0.717, 1.165) is 12.2 Å². The van der Waals surface area contributed by atoms with Crippen molar-refractivity contribution in [1.29, 1.82) is 0 Å². The van der Waals surface area contributed by atoms with Crippen LogP contribution < -0.4 is 5.73 Å². The zero-order chi connectivity index (χ0) is 7.56. The fraction of sp³-hybridized carbons (Fsp3) is 0.500. The van der Waals surface area contributed by atoms with E-state index in [1.807, 2.05) is 6.92 Å². The molecular weight excluding hydrogens is 150 g/mol. The zero-order valence-electron chi connectivity index (χ0n) is 5.84. The van der Waals surface area contributed by atoms with E-state index in [9.17, 15) is 0 Å². The maximum absolute atomic E-state index is 5.76. The number of halogens is 1. The summed E-state index contributed by atoms with van der Waals surface area (Å²) in [7, 11) is 0. The minimum atomic E-state index is 0.451. The Labute approximate surface area is 64.8 Å². The van der Waals surface area contributed by atoms with Gasteiger partial charge in [0, 0.05) is 13.1 Å². The molecule has 3 nitrogen and oxygen atoms in total. The summed E-state index contributed by atoms with van der Waals surface area (Å²) in [5.41, 5.74) is 6.33. The molecule has 0 unspecified atom stereocenters. The van der Waals surface area contributed by atoms with Crippen molar-refractivity contribution in [2.24, 2.45) is 5.73 Å². The number of aromatic nitrogens is 2. The van der Waals surface area contributed by atoms with E-state index in [2.05, 4.69) is 5.10 Å². The van der Waals surface area contributed by atoms with Gasteiger partial charge >= 0.3 is 0 Å². The van der Waals surface area contributed by atoms with Crippen LogP contribution in [-0.2, 0) is 13.1 Å². The number of nitrogens with zero attached hydrogens (tertiary/aromatic N) is 2. The highest BCUT2D eigenvalue weighted by Crippen LogP contribution is 2.13. The maximum Gasteiger partial charge on any atom is 0.0831 e. The first-order chi connectivity index (χ1) is 4.79. The molecule has 1 aromatic rings. The summed E-state index contributed by atoms with van der Waals surface area (Å²) in [5.74, 6) is 0. The van der Waals surface area contributed by atoms with Crippen LogP contribution in [0.1, 0.15) is 12.6 Å². The van der Waals surface area contributed by atoms with E-state index in [4.69, 9.17) is 17.3 Å². The summed E-state index contributed by atoms with van der Waals surface area (Å²) in [6.07, 6.45) is 1.62. The highest BCUT2D eigenvalue weighted by atomic mass is 35.5. The van der Waals surface area contributed by atoms with Gasteiger partial charge in [-0.1, -0.05) is 11.6 Å². The molecule has 0 aliphatic heterocycles. The Balaban J connectivity index is 3.01. The second-order valence-corrected chi connectivity index (χ2v) is 2.37. The number of aryl methyl sites for hydroxylation is 1. The minimum Gasteiger partial charge on any atom is -0.325 e. The standard InChI is InChI=1S/C6H10ClN3/c1-2-10-6(3-8)5(7)4-9-10/h4H,2-3,8H2,1H3. The van der Waals surface area contributed by atoms with Gasteiger partial charge in [-0.3, -0.25) is 4.68 Å². The van der Waals surface area contributed by atoms with Crippen molar-refractivity contribution < 1.29 is 0 Å². The van der Waals surface area contributed by atoms with Crippen LogP contribution in [0.15, 0.2) is 6.20 Å². The topological polar surface area (TPSA) is 43.8 Å². The molecule has 0 fully saturated rings. The Bertz CT molecular complexity index is 219. The Morgan fingerprint density at radius 1 is 1.80 bits per heavy atom. The van der Waals surface area contributed by atoms with E-state index in [-0.39, 0.29) is 0 Å². The molecule has 0 saturated carbocycles. The van der Waals surface area contributed by atoms with Crippen molar-refractivity contribution in [1.82, 2.24) is 9.78 Å². The summed E-state index contributed by atoms with van der Waals surface area (Å²) in [4.78, 5) is 0. The average molecular weight is 160 g/mol. The molecule has 56 valence electrons. The van der Waals surface area contributed by atoms with Gasteiger partial charge < -0.3 is 5.73 Å². The average Bonchev–Trinajstić information content (AvgIpc) is 2.30.